The van der Waals surface area contributed by atoms with Crippen molar-refractivity contribution in [3.05, 3.63) is 66.8 Å². The number of hydrogen-bond donors (Lipinski definition) is 1. The minimum atomic E-state index is -1.11. The summed E-state index contributed by atoms with van der Waals surface area (Å²) in [7, 11) is 0. The van der Waals surface area contributed by atoms with Crippen LogP contribution in [0.25, 0.3) is 6.08 Å². The van der Waals surface area contributed by atoms with Crippen molar-refractivity contribution in [3.8, 4) is 0 Å². The van der Waals surface area contributed by atoms with E-state index in [2.05, 4.69) is 26.7 Å². The number of hydrogen-bond acceptors (Lipinski definition) is 3. The Labute approximate surface area is 173 Å². The van der Waals surface area contributed by atoms with Gasteiger partial charge in [-0.15, -0.1) is 0 Å². The Bertz CT molecular complexity index is 524. The maximum Gasteiger partial charge on any atom is 1.00 e. The molecule has 0 saturated carbocycles. The molecular weight excluding hydrogens is 327 g/mol. The van der Waals surface area contributed by atoms with Crippen LogP contribution in [0, 0.1) is 0 Å². The fourth-order valence-electron chi connectivity index (χ4n) is 1.28. The Morgan fingerprint density at radius 1 is 1.16 bits per heavy atom. The summed E-state index contributed by atoms with van der Waals surface area (Å²) in [6.45, 7) is 13.7. The molecule has 1 aromatic carbocycles. The first-order valence-electron chi connectivity index (χ1n) is 7.71. The van der Waals surface area contributed by atoms with Crippen LogP contribution in [0.2, 0.25) is 0 Å². The number of aliphatic carboxylic acids is 2. The molecule has 0 aliphatic heterocycles. The Balaban J connectivity index is -0.000000293. The molecule has 25 heavy (non-hydrogen) atoms. The van der Waals surface area contributed by atoms with Crippen molar-refractivity contribution in [2.24, 2.45) is 0 Å². The predicted molar refractivity (Wildman–Crippen MR) is 97.3 cm³/mol. The van der Waals surface area contributed by atoms with Crippen molar-refractivity contribution >= 4 is 18.0 Å². The third-order valence-corrected chi connectivity index (χ3v) is 2.77. The molecule has 0 saturated heterocycles. The second-order valence-electron chi connectivity index (χ2n) is 5.05. The molecule has 0 aliphatic rings. The number of unbranched alkanes of at least 4 members (excludes halogenated alkanes) is 2. The molecule has 0 heterocycles. The van der Waals surface area contributed by atoms with Crippen molar-refractivity contribution in [1.29, 1.82) is 0 Å². The Kier molecular flexibility index (Phi) is 21.1. The van der Waals surface area contributed by atoms with E-state index in [0.29, 0.717) is 6.42 Å². The summed E-state index contributed by atoms with van der Waals surface area (Å²) in [6, 6.07) is 10.0. The second-order valence-corrected chi connectivity index (χ2v) is 5.05. The zero-order valence-electron chi connectivity index (χ0n) is 15.6. The van der Waals surface area contributed by atoms with Gasteiger partial charge in [0.25, 0.3) is 0 Å². The van der Waals surface area contributed by atoms with Gasteiger partial charge in [-0.2, -0.15) is 0 Å². The third-order valence-electron chi connectivity index (χ3n) is 2.77. The summed E-state index contributed by atoms with van der Waals surface area (Å²) in [5.41, 5.74) is 1.57. The van der Waals surface area contributed by atoms with E-state index in [1.165, 1.54) is 12.5 Å². The minimum absolute atomic E-state index is 0. The Morgan fingerprint density at radius 2 is 1.64 bits per heavy atom. The van der Waals surface area contributed by atoms with Gasteiger partial charge in [0.05, 0.1) is 5.97 Å². The van der Waals surface area contributed by atoms with Crippen LogP contribution in [-0.2, 0) is 9.59 Å². The summed E-state index contributed by atoms with van der Waals surface area (Å²) in [5, 5.41) is 18.0. The van der Waals surface area contributed by atoms with E-state index in [1.807, 2.05) is 36.4 Å². The van der Waals surface area contributed by atoms with E-state index in [4.69, 9.17) is 5.11 Å². The Morgan fingerprint density at radius 3 is 1.92 bits per heavy atom. The van der Waals surface area contributed by atoms with Gasteiger partial charge in [0.15, 0.2) is 0 Å². The van der Waals surface area contributed by atoms with Crippen LogP contribution in [0.4, 0.5) is 0 Å². The standard InChI is InChI=1S/C8H14O2.C8H8.C4H6O2.Na/c1-3-4-5-6-7(2)8(9)10;1-2-8-6-4-3-5-7-8;1-3(2)4(5)6;/h2-6H2,1H3,(H,9,10);2-7H,1H2;1H2,2H3,(H,5,6);/q;;;+1/p-1. The number of benzene rings is 1. The zero-order valence-corrected chi connectivity index (χ0v) is 17.6. The van der Waals surface area contributed by atoms with Crippen LogP contribution < -0.4 is 34.7 Å². The molecular formula is C20H27NaO4. The van der Waals surface area contributed by atoms with Gasteiger partial charge < -0.3 is 15.0 Å². The molecule has 0 radical (unpaired) electrons. The quantitative estimate of drug-likeness (QED) is 0.447. The van der Waals surface area contributed by atoms with Gasteiger partial charge in [-0.25, -0.2) is 4.79 Å². The van der Waals surface area contributed by atoms with E-state index >= 15 is 0 Å². The zero-order chi connectivity index (χ0) is 19.0. The van der Waals surface area contributed by atoms with E-state index in [0.717, 1.165) is 19.3 Å². The second kappa shape index (κ2) is 18.7. The van der Waals surface area contributed by atoms with Gasteiger partial charge in [-0.05, 0) is 30.9 Å². The number of carboxylic acids is 2. The summed E-state index contributed by atoms with van der Waals surface area (Å²) >= 11 is 0. The van der Waals surface area contributed by atoms with Crippen LogP contribution in [-0.4, -0.2) is 17.0 Å². The molecule has 1 rings (SSSR count). The number of carbonyl (C=O) groups is 2. The van der Waals surface area contributed by atoms with Gasteiger partial charge in [0, 0.05) is 5.57 Å². The summed E-state index contributed by atoms with van der Waals surface area (Å²) in [4.78, 5) is 19.7. The van der Waals surface area contributed by atoms with Crippen molar-refractivity contribution in [2.75, 3.05) is 0 Å². The van der Waals surface area contributed by atoms with Crippen molar-refractivity contribution in [2.45, 2.75) is 39.5 Å². The molecule has 0 spiro atoms. The fourth-order valence-corrected chi connectivity index (χ4v) is 1.28. The molecule has 1 N–H and O–H groups in total. The minimum Gasteiger partial charge on any atom is -0.545 e. The summed E-state index contributed by atoms with van der Waals surface area (Å²) in [5.74, 6) is -2.05. The first-order chi connectivity index (χ1) is 11.3. The smallest absolute Gasteiger partial charge is 0.545 e. The maximum absolute atomic E-state index is 10.1. The first-order valence-corrected chi connectivity index (χ1v) is 7.71. The molecule has 1 aromatic rings. The average molecular weight is 354 g/mol. The molecule has 0 amide bonds. The normalized spacial score (nSPS) is 8.24. The van der Waals surface area contributed by atoms with Crippen LogP contribution >= 0.6 is 0 Å². The van der Waals surface area contributed by atoms with Gasteiger partial charge in [-0.3, -0.25) is 0 Å². The van der Waals surface area contributed by atoms with Crippen LogP contribution in [0.1, 0.15) is 45.1 Å². The van der Waals surface area contributed by atoms with Crippen LogP contribution in [0.5, 0.6) is 0 Å². The van der Waals surface area contributed by atoms with E-state index in [1.54, 1.807) is 0 Å². The Hall–Kier alpha value is -1.62. The van der Waals surface area contributed by atoms with Crippen molar-refractivity contribution in [1.82, 2.24) is 0 Å². The third kappa shape index (κ3) is 20.3. The van der Waals surface area contributed by atoms with Crippen LogP contribution in [0.15, 0.2) is 61.2 Å². The number of carboxylic acid groups (broad SMARTS) is 2. The van der Waals surface area contributed by atoms with E-state index in [-0.39, 0.29) is 40.7 Å². The molecule has 5 heteroatoms. The molecule has 0 fully saturated rings. The largest absolute Gasteiger partial charge is 1.00 e. The molecule has 0 bridgehead atoms. The number of carbonyl (C=O) groups excluding carboxylic acids is 1. The van der Waals surface area contributed by atoms with Gasteiger partial charge >= 0.3 is 35.5 Å². The van der Waals surface area contributed by atoms with Crippen molar-refractivity contribution in [3.63, 3.8) is 0 Å². The molecule has 0 atom stereocenters. The molecule has 132 valence electrons. The molecule has 0 unspecified atom stereocenters. The molecule has 4 nitrogen and oxygen atoms in total. The van der Waals surface area contributed by atoms with Gasteiger partial charge in [0.2, 0.25) is 0 Å². The van der Waals surface area contributed by atoms with Crippen LogP contribution in [0.3, 0.4) is 0 Å². The van der Waals surface area contributed by atoms with E-state index < -0.39 is 11.9 Å². The summed E-state index contributed by atoms with van der Waals surface area (Å²) < 4.78 is 0. The van der Waals surface area contributed by atoms with Gasteiger partial charge in [-0.1, -0.05) is 75.9 Å². The topological polar surface area (TPSA) is 77.4 Å². The molecule has 0 aromatic heterocycles. The van der Waals surface area contributed by atoms with Gasteiger partial charge in [0.1, 0.15) is 0 Å². The fraction of sp³-hybridized carbons (Fsp3) is 0.300. The van der Waals surface area contributed by atoms with E-state index in [9.17, 15) is 14.7 Å². The predicted octanol–water partition coefficient (Wildman–Crippen LogP) is 0.854. The first kappa shape index (κ1) is 28.2. The van der Waals surface area contributed by atoms with Crippen molar-refractivity contribution < 1.29 is 49.4 Å². The monoisotopic (exact) mass is 354 g/mol. The SMILES string of the molecule is C=C(C)C(=O)O.C=C(CCCCC)C(=O)[O-].C=Cc1ccccc1.[Na+]. The summed E-state index contributed by atoms with van der Waals surface area (Å²) in [6.07, 6.45) is 5.46. The maximum atomic E-state index is 10.1. The number of rotatable bonds is 7. The average Bonchev–Trinajstić information content (AvgIpc) is 2.56. The molecule has 0 aliphatic carbocycles.